The third kappa shape index (κ3) is 2.51. The molecular formula is C33H23IN2. The molecule has 0 atom stereocenters. The van der Waals surface area contributed by atoms with E-state index in [1.165, 1.54) is 71.6 Å². The van der Waals surface area contributed by atoms with E-state index in [4.69, 9.17) is 0 Å². The van der Waals surface area contributed by atoms with Gasteiger partial charge in [-0.15, -0.1) is 0 Å². The summed E-state index contributed by atoms with van der Waals surface area (Å²) >= 11 is 2.47. The minimum absolute atomic E-state index is 0.00967. The van der Waals surface area contributed by atoms with Crippen LogP contribution >= 0.6 is 22.9 Å². The molecule has 0 spiro atoms. The zero-order chi connectivity index (χ0) is 24.2. The quantitative estimate of drug-likeness (QED) is 0.173. The Bertz CT molecular complexity index is 1980. The molecule has 5 aromatic carbocycles. The van der Waals surface area contributed by atoms with Crippen LogP contribution in [0.2, 0.25) is 0 Å². The highest BCUT2D eigenvalue weighted by molar-refractivity contribution is 14.1. The minimum Gasteiger partial charge on any atom is -0.309 e. The molecular weight excluding hydrogens is 551 g/mol. The molecule has 2 heterocycles. The molecule has 1 aliphatic rings. The Labute approximate surface area is 223 Å². The summed E-state index contributed by atoms with van der Waals surface area (Å²) < 4.78 is 4.74. The largest absolute Gasteiger partial charge is 0.309 e. The van der Waals surface area contributed by atoms with Crippen LogP contribution in [0.15, 0.2) is 103 Å². The summed E-state index contributed by atoms with van der Waals surface area (Å²) in [6.45, 7) is 4.71. The van der Waals surface area contributed by atoms with Gasteiger partial charge in [0.05, 0.1) is 44.9 Å². The van der Waals surface area contributed by atoms with E-state index in [1.54, 1.807) is 0 Å². The van der Waals surface area contributed by atoms with Gasteiger partial charge in [-0.2, -0.15) is 0 Å². The number of benzene rings is 5. The molecule has 0 aliphatic heterocycles. The Balaban J connectivity index is 1.45. The van der Waals surface area contributed by atoms with Crippen molar-refractivity contribution in [1.29, 1.82) is 0 Å². The first-order chi connectivity index (χ1) is 17.5. The topological polar surface area (TPSA) is 9.86 Å². The van der Waals surface area contributed by atoms with Crippen LogP contribution in [0, 0.1) is 0 Å². The summed E-state index contributed by atoms with van der Waals surface area (Å²) in [5, 5.41) is 5.21. The highest BCUT2D eigenvalue weighted by Gasteiger charge is 2.36. The highest BCUT2D eigenvalue weighted by atomic mass is 127. The zero-order valence-electron chi connectivity index (χ0n) is 20.1. The van der Waals surface area contributed by atoms with Crippen LogP contribution in [-0.4, -0.2) is 7.35 Å². The molecule has 0 bridgehead atoms. The molecule has 0 radical (unpaired) electrons. The van der Waals surface area contributed by atoms with E-state index in [9.17, 15) is 0 Å². The van der Waals surface area contributed by atoms with Crippen molar-refractivity contribution in [3.05, 3.63) is 114 Å². The summed E-state index contributed by atoms with van der Waals surface area (Å²) in [5.41, 5.74) is 11.8. The lowest BCUT2D eigenvalue weighted by Crippen LogP contribution is -2.14. The molecule has 7 aromatic rings. The van der Waals surface area contributed by atoms with Crippen molar-refractivity contribution in [1.82, 2.24) is 7.35 Å². The number of aromatic nitrogens is 2. The Hall–Kier alpha value is -3.57. The minimum atomic E-state index is -0.00967. The third-order valence-electron chi connectivity index (χ3n) is 8.23. The average Bonchev–Trinajstić information content (AvgIpc) is 3.47. The fourth-order valence-corrected chi connectivity index (χ4v) is 7.31. The van der Waals surface area contributed by atoms with Gasteiger partial charge in [0.2, 0.25) is 0 Å². The van der Waals surface area contributed by atoms with Gasteiger partial charge in [0.1, 0.15) is 0 Å². The first kappa shape index (κ1) is 20.6. The van der Waals surface area contributed by atoms with Crippen LogP contribution in [-0.2, 0) is 5.41 Å². The fraction of sp³-hybridized carbons (Fsp3) is 0.0909. The van der Waals surface area contributed by atoms with Crippen LogP contribution < -0.4 is 0 Å². The first-order valence-electron chi connectivity index (χ1n) is 12.4. The normalized spacial score (nSPS) is 14.2. The molecule has 0 unspecified atom stereocenters. The standard InChI is InChI=1S/C33H23IN2/c1-33(2)27-12-6-3-9-21(27)24-19-32-26(18-28(24)33)25-17-20(15-16-31(25)36(32)34)35-29-13-7-4-10-22(29)23-11-5-8-14-30(23)35/h3-19H,1-2H3. The maximum atomic E-state index is 2.47. The van der Waals surface area contributed by atoms with Crippen LogP contribution in [0.3, 0.4) is 0 Å². The second kappa shape index (κ2) is 7.01. The van der Waals surface area contributed by atoms with Crippen molar-refractivity contribution in [3.63, 3.8) is 0 Å². The molecule has 3 heteroatoms. The summed E-state index contributed by atoms with van der Waals surface area (Å²) in [6, 6.07) is 38.1. The lowest BCUT2D eigenvalue weighted by molar-refractivity contribution is 0.661. The molecule has 2 nitrogen and oxygen atoms in total. The lowest BCUT2D eigenvalue weighted by Gasteiger charge is -2.21. The van der Waals surface area contributed by atoms with Gasteiger partial charge in [-0.3, -0.25) is 2.78 Å². The number of fused-ring (bicyclic) bond motifs is 9. The van der Waals surface area contributed by atoms with Gasteiger partial charge in [-0.1, -0.05) is 74.5 Å². The summed E-state index contributed by atoms with van der Waals surface area (Å²) in [4.78, 5) is 0. The van der Waals surface area contributed by atoms with E-state index in [2.05, 4.69) is 147 Å². The van der Waals surface area contributed by atoms with Crippen molar-refractivity contribution < 1.29 is 0 Å². The fourth-order valence-electron chi connectivity index (χ4n) is 6.49. The predicted molar refractivity (Wildman–Crippen MR) is 161 cm³/mol. The van der Waals surface area contributed by atoms with E-state index in [1.807, 2.05) is 0 Å². The van der Waals surface area contributed by atoms with Gasteiger partial charge in [0.25, 0.3) is 0 Å². The molecule has 172 valence electrons. The van der Waals surface area contributed by atoms with Crippen molar-refractivity contribution in [2.24, 2.45) is 0 Å². The number of nitrogens with zero attached hydrogens (tertiary/aromatic N) is 2. The number of halogens is 1. The monoisotopic (exact) mass is 574 g/mol. The maximum absolute atomic E-state index is 2.47. The smallest absolute Gasteiger partial charge is 0.0646 e. The Morgan fingerprint density at radius 2 is 1.17 bits per heavy atom. The second-order valence-corrected chi connectivity index (χ2v) is 11.4. The van der Waals surface area contributed by atoms with Crippen LogP contribution in [0.5, 0.6) is 0 Å². The van der Waals surface area contributed by atoms with E-state index in [0.29, 0.717) is 0 Å². The lowest BCUT2D eigenvalue weighted by atomic mass is 9.82. The Morgan fingerprint density at radius 1 is 0.528 bits per heavy atom. The SMILES string of the molecule is CC1(C)c2ccccc2-c2cc3c(cc21)c1cc(-n2c4ccccc4c4ccccc42)ccc1n3I. The molecule has 0 amide bonds. The van der Waals surface area contributed by atoms with Crippen molar-refractivity contribution >= 4 is 66.5 Å². The zero-order valence-corrected chi connectivity index (χ0v) is 22.2. The van der Waals surface area contributed by atoms with Crippen LogP contribution in [0.25, 0.3) is 60.4 Å². The molecule has 36 heavy (non-hydrogen) atoms. The van der Waals surface area contributed by atoms with Crippen molar-refractivity contribution in [3.8, 4) is 16.8 Å². The van der Waals surface area contributed by atoms with Gasteiger partial charge >= 0.3 is 0 Å². The molecule has 0 saturated heterocycles. The number of hydrogen-bond donors (Lipinski definition) is 0. The Kier molecular flexibility index (Phi) is 4.01. The van der Waals surface area contributed by atoms with Crippen molar-refractivity contribution in [2.75, 3.05) is 0 Å². The number of para-hydroxylation sites is 2. The molecule has 8 rings (SSSR count). The number of hydrogen-bond acceptors (Lipinski definition) is 0. The van der Waals surface area contributed by atoms with Crippen molar-refractivity contribution in [2.45, 2.75) is 19.3 Å². The van der Waals surface area contributed by atoms with Gasteiger partial charge in [-0.05, 0) is 64.7 Å². The van der Waals surface area contributed by atoms with E-state index < -0.39 is 0 Å². The van der Waals surface area contributed by atoms with Gasteiger partial charge in [-0.25, -0.2) is 0 Å². The summed E-state index contributed by atoms with van der Waals surface area (Å²) in [7, 11) is 0. The Morgan fingerprint density at radius 3 is 1.92 bits per heavy atom. The average molecular weight is 574 g/mol. The molecule has 0 fully saturated rings. The second-order valence-electron chi connectivity index (χ2n) is 10.4. The highest BCUT2D eigenvalue weighted by Crippen LogP contribution is 2.51. The van der Waals surface area contributed by atoms with Gasteiger partial charge in [0.15, 0.2) is 0 Å². The van der Waals surface area contributed by atoms with E-state index in [-0.39, 0.29) is 5.41 Å². The number of rotatable bonds is 1. The van der Waals surface area contributed by atoms with Crippen LogP contribution in [0.4, 0.5) is 0 Å². The summed E-state index contributed by atoms with van der Waals surface area (Å²) in [6.07, 6.45) is 0. The predicted octanol–water partition coefficient (Wildman–Crippen LogP) is 9.40. The summed E-state index contributed by atoms with van der Waals surface area (Å²) in [5.74, 6) is 0. The third-order valence-corrected chi connectivity index (χ3v) is 9.27. The first-order valence-corrected chi connectivity index (χ1v) is 13.4. The van der Waals surface area contributed by atoms with E-state index >= 15 is 0 Å². The molecule has 0 N–H and O–H groups in total. The molecule has 0 saturated carbocycles. The van der Waals surface area contributed by atoms with E-state index in [0.717, 1.165) is 0 Å². The molecule has 1 aliphatic carbocycles. The maximum Gasteiger partial charge on any atom is 0.0646 e. The van der Waals surface area contributed by atoms with Gasteiger partial charge < -0.3 is 4.57 Å². The van der Waals surface area contributed by atoms with Crippen LogP contribution in [0.1, 0.15) is 25.0 Å². The van der Waals surface area contributed by atoms with Gasteiger partial charge in [0, 0.05) is 32.6 Å². The molecule has 2 aromatic heterocycles.